The van der Waals surface area contributed by atoms with Crippen molar-refractivity contribution in [3.63, 3.8) is 0 Å². The summed E-state index contributed by atoms with van der Waals surface area (Å²) in [5.41, 5.74) is 9.44. The summed E-state index contributed by atoms with van der Waals surface area (Å²) >= 11 is 0. The van der Waals surface area contributed by atoms with Crippen LogP contribution in [-0.4, -0.2) is 36.6 Å². The number of benzene rings is 1. The van der Waals surface area contributed by atoms with Crippen LogP contribution in [0.1, 0.15) is 5.56 Å². The van der Waals surface area contributed by atoms with Crippen molar-refractivity contribution < 1.29 is 9.53 Å². The zero-order valence-corrected chi connectivity index (χ0v) is 10.1. The molecule has 0 aromatic heterocycles. The van der Waals surface area contributed by atoms with Gasteiger partial charge < -0.3 is 4.74 Å². The summed E-state index contributed by atoms with van der Waals surface area (Å²) in [5.74, 6) is -0.274. The Kier molecular flexibility index (Phi) is 3.82. The predicted octanol–water partition coefficient (Wildman–Crippen LogP) is 1.72. The van der Waals surface area contributed by atoms with Crippen molar-refractivity contribution in [1.82, 2.24) is 4.90 Å². The van der Waals surface area contributed by atoms with Gasteiger partial charge in [0.05, 0.1) is 7.11 Å². The first-order valence-electron chi connectivity index (χ1n) is 5.66. The van der Waals surface area contributed by atoms with Crippen molar-refractivity contribution >= 4 is 5.97 Å². The number of nitrogens with zero attached hydrogens (tertiary/aromatic N) is 4. The molecule has 1 unspecified atom stereocenters. The number of hydrogen-bond donors (Lipinski definition) is 0. The van der Waals surface area contributed by atoms with Gasteiger partial charge in [-0.05, 0) is 11.1 Å². The van der Waals surface area contributed by atoms with E-state index in [4.69, 9.17) is 10.3 Å². The standard InChI is InChI=1S/C12H14N4O2/c1-18-12(17)11-10(7-14-15-13)16(11)8-9-5-3-2-4-6-9/h2-6,10-11H,7-8H2,1H3/t10-,11-,16?/m1/s1. The van der Waals surface area contributed by atoms with E-state index >= 15 is 0 Å². The molecule has 2 rings (SSSR count). The minimum atomic E-state index is -0.291. The van der Waals surface area contributed by atoms with Crippen LogP contribution < -0.4 is 0 Å². The maximum Gasteiger partial charge on any atom is 0.324 e. The lowest BCUT2D eigenvalue weighted by molar-refractivity contribution is -0.140. The first kappa shape index (κ1) is 12.4. The lowest BCUT2D eigenvalue weighted by atomic mass is 10.2. The molecule has 3 atom stereocenters. The van der Waals surface area contributed by atoms with Crippen LogP contribution in [0.5, 0.6) is 0 Å². The molecule has 1 aliphatic rings. The molecule has 6 heteroatoms. The number of methoxy groups -OCH3 is 1. The Balaban J connectivity index is 2.02. The van der Waals surface area contributed by atoms with E-state index in [2.05, 4.69) is 10.0 Å². The van der Waals surface area contributed by atoms with E-state index in [1.54, 1.807) is 0 Å². The summed E-state index contributed by atoms with van der Waals surface area (Å²) in [6.07, 6.45) is 0. The normalized spacial score (nSPS) is 25.1. The summed E-state index contributed by atoms with van der Waals surface area (Å²) in [7, 11) is 1.37. The summed E-state index contributed by atoms with van der Waals surface area (Å²) in [5, 5.41) is 3.52. The van der Waals surface area contributed by atoms with Gasteiger partial charge in [0.1, 0.15) is 6.04 Å². The van der Waals surface area contributed by atoms with Crippen LogP contribution in [0.25, 0.3) is 10.4 Å². The molecule has 1 saturated heterocycles. The lowest BCUT2D eigenvalue weighted by Gasteiger charge is -2.03. The third-order valence-corrected chi connectivity index (χ3v) is 3.04. The van der Waals surface area contributed by atoms with Gasteiger partial charge >= 0.3 is 5.97 Å². The SMILES string of the molecule is COC(=O)[C@H]1[C@@H](CN=[N+]=[N-])N1Cc1ccccc1. The van der Waals surface area contributed by atoms with E-state index in [0.29, 0.717) is 13.1 Å². The summed E-state index contributed by atoms with van der Waals surface area (Å²) in [4.78, 5) is 16.2. The van der Waals surface area contributed by atoms with Crippen molar-refractivity contribution in [3.05, 3.63) is 46.3 Å². The van der Waals surface area contributed by atoms with Gasteiger partial charge in [0.2, 0.25) is 0 Å². The Labute approximate surface area is 105 Å². The average Bonchev–Trinajstić information content (AvgIpc) is 3.09. The molecule has 0 bridgehead atoms. The van der Waals surface area contributed by atoms with Crippen LogP contribution in [0, 0.1) is 0 Å². The first-order valence-corrected chi connectivity index (χ1v) is 5.66. The maximum absolute atomic E-state index is 11.5. The second-order valence-electron chi connectivity index (χ2n) is 4.11. The van der Waals surface area contributed by atoms with Crippen LogP contribution in [0.15, 0.2) is 35.4 Å². The Morgan fingerprint density at radius 1 is 1.50 bits per heavy atom. The minimum absolute atomic E-state index is 0.0476. The van der Waals surface area contributed by atoms with Gasteiger partial charge in [-0.2, -0.15) is 0 Å². The zero-order chi connectivity index (χ0) is 13.0. The first-order chi connectivity index (χ1) is 8.77. The Hall–Kier alpha value is -2.04. The van der Waals surface area contributed by atoms with Gasteiger partial charge in [-0.25, -0.2) is 0 Å². The second-order valence-corrected chi connectivity index (χ2v) is 4.11. The highest BCUT2D eigenvalue weighted by molar-refractivity contribution is 5.80. The van der Waals surface area contributed by atoms with Crippen molar-refractivity contribution in [2.75, 3.05) is 13.7 Å². The van der Waals surface area contributed by atoms with Crippen molar-refractivity contribution in [3.8, 4) is 0 Å². The van der Waals surface area contributed by atoms with E-state index in [1.807, 2.05) is 35.2 Å². The van der Waals surface area contributed by atoms with Crippen molar-refractivity contribution in [1.29, 1.82) is 0 Å². The fraction of sp³-hybridized carbons (Fsp3) is 0.417. The van der Waals surface area contributed by atoms with Crippen LogP contribution >= 0.6 is 0 Å². The topological polar surface area (TPSA) is 78.1 Å². The molecule has 1 aromatic carbocycles. The van der Waals surface area contributed by atoms with Gasteiger partial charge in [0, 0.05) is 24.0 Å². The smallest absolute Gasteiger partial charge is 0.324 e. The number of ether oxygens (including phenoxy) is 1. The highest BCUT2D eigenvalue weighted by Crippen LogP contribution is 2.31. The summed E-state index contributed by atoms with van der Waals surface area (Å²) in [6.45, 7) is 0.954. The molecule has 1 aliphatic heterocycles. The number of esters is 1. The van der Waals surface area contributed by atoms with E-state index < -0.39 is 0 Å². The van der Waals surface area contributed by atoms with E-state index in [-0.39, 0.29) is 18.1 Å². The zero-order valence-electron chi connectivity index (χ0n) is 10.1. The molecule has 1 heterocycles. The van der Waals surface area contributed by atoms with Gasteiger partial charge in [0.15, 0.2) is 0 Å². The van der Waals surface area contributed by atoms with Crippen LogP contribution in [0.2, 0.25) is 0 Å². The molecular weight excluding hydrogens is 232 g/mol. The molecule has 18 heavy (non-hydrogen) atoms. The van der Waals surface area contributed by atoms with Crippen LogP contribution in [0.3, 0.4) is 0 Å². The van der Waals surface area contributed by atoms with Crippen molar-refractivity contribution in [2.24, 2.45) is 5.11 Å². The third-order valence-electron chi connectivity index (χ3n) is 3.04. The fourth-order valence-electron chi connectivity index (χ4n) is 2.08. The number of carbonyl (C=O) groups excluding carboxylic acids is 1. The monoisotopic (exact) mass is 246 g/mol. The van der Waals surface area contributed by atoms with E-state index in [1.165, 1.54) is 7.11 Å². The summed E-state index contributed by atoms with van der Waals surface area (Å²) in [6, 6.07) is 9.51. The Bertz CT molecular complexity index is 470. The highest BCUT2D eigenvalue weighted by Gasteiger charge is 2.52. The fourth-order valence-corrected chi connectivity index (χ4v) is 2.08. The largest absolute Gasteiger partial charge is 0.468 e. The molecule has 1 aromatic rings. The van der Waals surface area contributed by atoms with Gasteiger partial charge in [0.25, 0.3) is 0 Å². The molecule has 0 radical (unpaired) electrons. The number of rotatable bonds is 5. The Morgan fingerprint density at radius 2 is 2.22 bits per heavy atom. The molecule has 6 nitrogen and oxygen atoms in total. The number of hydrogen-bond acceptors (Lipinski definition) is 4. The van der Waals surface area contributed by atoms with Gasteiger partial charge in [-0.3, -0.25) is 9.69 Å². The van der Waals surface area contributed by atoms with Gasteiger partial charge in [-0.15, -0.1) is 0 Å². The number of carbonyl (C=O) groups is 1. The predicted molar refractivity (Wildman–Crippen MR) is 65.6 cm³/mol. The highest BCUT2D eigenvalue weighted by atomic mass is 16.5. The number of azide groups is 1. The maximum atomic E-state index is 11.5. The van der Waals surface area contributed by atoms with E-state index in [0.717, 1.165) is 5.56 Å². The molecular formula is C12H14N4O2. The molecule has 0 aliphatic carbocycles. The lowest BCUT2D eigenvalue weighted by Crippen LogP contribution is -2.14. The van der Waals surface area contributed by atoms with Gasteiger partial charge in [-0.1, -0.05) is 35.4 Å². The quantitative estimate of drug-likeness (QED) is 0.261. The third kappa shape index (κ3) is 2.61. The summed E-state index contributed by atoms with van der Waals surface area (Å²) < 4.78 is 4.74. The molecule has 0 spiro atoms. The minimum Gasteiger partial charge on any atom is -0.468 e. The van der Waals surface area contributed by atoms with Crippen LogP contribution in [-0.2, 0) is 16.1 Å². The molecule has 1 fully saturated rings. The molecule has 0 N–H and O–H groups in total. The molecule has 0 saturated carbocycles. The van der Waals surface area contributed by atoms with Crippen molar-refractivity contribution in [2.45, 2.75) is 18.6 Å². The Morgan fingerprint density at radius 3 is 2.83 bits per heavy atom. The molecule has 0 amide bonds. The molecule has 94 valence electrons. The van der Waals surface area contributed by atoms with E-state index in [9.17, 15) is 4.79 Å². The average molecular weight is 246 g/mol. The second kappa shape index (κ2) is 5.53. The van der Waals surface area contributed by atoms with Crippen LogP contribution in [0.4, 0.5) is 0 Å².